The normalized spacial score (nSPS) is 12.2. The molecule has 0 fully saturated rings. The van der Waals surface area contributed by atoms with Gasteiger partial charge in [-0.25, -0.2) is 4.98 Å². The molecule has 0 aliphatic carbocycles. The van der Waals surface area contributed by atoms with Gasteiger partial charge >= 0.3 is 0 Å². The van der Waals surface area contributed by atoms with Gasteiger partial charge in [0.25, 0.3) is 5.91 Å². The highest BCUT2D eigenvalue weighted by Crippen LogP contribution is 2.12. The second kappa shape index (κ2) is 5.14. The van der Waals surface area contributed by atoms with Crippen LogP contribution in [-0.4, -0.2) is 21.1 Å². The molecule has 7 heteroatoms. The van der Waals surface area contributed by atoms with Gasteiger partial charge in [0.2, 0.25) is 5.89 Å². The number of halogens is 1. The zero-order chi connectivity index (χ0) is 13.1. The SMILES string of the molecule is Cc1cnc(C(C)NC(=O)c2ccc(Cl)nn2)o1. The Hall–Kier alpha value is -1.95. The van der Waals surface area contributed by atoms with Gasteiger partial charge < -0.3 is 9.73 Å². The number of rotatable bonds is 3. The van der Waals surface area contributed by atoms with Gasteiger partial charge in [-0.3, -0.25) is 4.79 Å². The molecule has 0 aliphatic heterocycles. The maximum atomic E-state index is 11.8. The minimum atomic E-state index is -0.359. The van der Waals surface area contributed by atoms with Crippen molar-refractivity contribution in [3.63, 3.8) is 0 Å². The maximum Gasteiger partial charge on any atom is 0.272 e. The van der Waals surface area contributed by atoms with E-state index in [2.05, 4.69) is 20.5 Å². The lowest BCUT2D eigenvalue weighted by molar-refractivity contribution is 0.0928. The number of nitrogens with one attached hydrogen (secondary N) is 1. The average molecular weight is 267 g/mol. The Morgan fingerprint density at radius 2 is 2.22 bits per heavy atom. The highest BCUT2D eigenvalue weighted by atomic mass is 35.5. The van der Waals surface area contributed by atoms with Crippen molar-refractivity contribution in [3.8, 4) is 0 Å². The second-order valence-electron chi connectivity index (χ2n) is 3.75. The quantitative estimate of drug-likeness (QED) is 0.918. The van der Waals surface area contributed by atoms with Crippen molar-refractivity contribution in [2.75, 3.05) is 0 Å². The number of aromatic nitrogens is 3. The summed E-state index contributed by atoms with van der Waals surface area (Å²) in [5, 5.41) is 10.2. The third-order valence-corrected chi connectivity index (χ3v) is 2.42. The minimum absolute atomic E-state index is 0.189. The van der Waals surface area contributed by atoms with Crippen LogP contribution in [0.2, 0.25) is 5.15 Å². The van der Waals surface area contributed by atoms with Crippen LogP contribution in [0.4, 0.5) is 0 Å². The molecule has 0 aliphatic rings. The molecule has 1 atom stereocenters. The van der Waals surface area contributed by atoms with Crippen LogP contribution in [-0.2, 0) is 0 Å². The second-order valence-corrected chi connectivity index (χ2v) is 4.13. The summed E-state index contributed by atoms with van der Waals surface area (Å²) in [6, 6.07) is 2.66. The lowest BCUT2D eigenvalue weighted by Gasteiger charge is -2.09. The average Bonchev–Trinajstić information content (AvgIpc) is 2.76. The molecule has 0 spiro atoms. The van der Waals surface area contributed by atoms with Crippen molar-refractivity contribution in [2.24, 2.45) is 0 Å². The van der Waals surface area contributed by atoms with Crippen LogP contribution in [0.5, 0.6) is 0 Å². The van der Waals surface area contributed by atoms with Crippen molar-refractivity contribution in [3.05, 3.63) is 40.8 Å². The molecular formula is C11H11ClN4O2. The lowest BCUT2D eigenvalue weighted by Crippen LogP contribution is -2.27. The fraction of sp³-hybridized carbons (Fsp3) is 0.273. The molecule has 0 saturated carbocycles. The minimum Gasteiger partial charge on any atom is -0.444 e. The van der Waals surface area contributed by atoms with E-state index in [9.17, 15) is 4.79 Å². The van der Waals surface area contributed by atoms with Crippen molar-refractivity contribution in [1.82, 2.24) is 20.5 Å². The molecule has 0 saturated heterocycles. The Morgan fingerprint density at radius 3 is 2.78 bits per heavy atom. The van der Waals surface area contributed by atoms with E-state index in [0.717, 1.165) is 0 Å². The Bertz CT molecular complexity index is 552. The molecule has 0 radical (unpaired) electrons. The molecule has 18 heavy (non-hydrogen) atoms. The predicted octanol–water partition coefficient (Wildman–Crippen LogP) is 1.92. The molecule has 6 nitrogen and oxygen atoms in total. The largest absolute Gasteiger partial charge is 0.444 e. The van der Waals surface area contributed by atoms with E-state index >= 15 is 0 Å². The van der Waals surface area contributed by atoms with Gasteiger partial charge in [0.1, 0.15) is 11.8 Å². The third kappa shape index (κ3) is 2.84. The number of amides is 1. The molecule has 1 amide bonds. The van der Waals surface area contributed by atoms with Gasteiger partial charge in [-0.05, 0) is 26.0 Å². The van der Waals surface area contributed by atoms with Gasteiger partial charge in [-0.1, -0.05) is 11.6 Å². The van der Waals surface area contributed by atoms with Gasteiger partial charge in [-0.2, -0.15) is 0 Å². The van der Waals surface area contributed by atoms with Crippen molar-refractivity contribution >= 4 is 17.5 Å². The maximum absolute atomic E-state index is 11.8. The molecule has 1 unspecified atom stereocenters. The van der Waals surface area contributed by atoms with Crippen molar-refractivity contribution in [2.45, 2.75) is 19.9 Å². The first kappa shape index (κ1) is 12.5. The Morgan fingerprint density at radius 1 is 1.44 bits per heavy atom. The zero-order valence-electron chi connectivity index (χ0n) is 9.85. The molecular weight excluding hydrogens is 256 g/mol. The zero-order valence-corrected chi connectivity index (χ0v) is 10.6. The number of hydrogen-bond donors (Lipinski definition) is 1. The van der Waals surface area contributed by atoms with Gasteiger partial charge in [0.05, 0.1) is 6.20 Å². The molecule has 0 bridgehead atoms. The molecule has 2 heterocycles. The fourth-order valence-electron chi connectivity index (χ4n) is 1.34. The predicted molar refractivity (Wildman–Crippen MR) is 64.2 cm³/mol. The monoisotopic (exact) mass is 266 g/mol. The summed E-state index contributed by atoms with van der Waals surface area (Å²) in [6.07, 6.45) is 1.60. The van der Waals surface area contributed by atoms with E-state index < -0.39 is 0 Å². The van der Waals surface area contributed by atoms with Crippen LogP contribution in [0.15, 0.2) is 22.7 Å². The molecule has 94 valence electrons. The first-order chi connectivity index (χ1) is 8.56. The molecule has 2 rings (SSSR count). The molecule has 2 aromatic rings. The summed E-state index contributed by atoms with van der Waals surface area (Å²) in [7, 11) is 0. The number of nitrogens with zero attached hydrogens (tertiary/aromatic N) is 3. The van der Waals surface area contributed by atoms with Crippen LogP contribution >= 0.6 is 11.6 Å². The summed E-state index contributed by atoms with van der Waals surface area (Å²) >= 11 is 5.59. The van der Waals surface area contributed by atoms with E-state index in [1.54, 1.807) is 20.0 Å². The molecule has 2 aromatic heterocycles. The van der Waals surface area contributed by atoms with Crippen LogP contribution in [0.3, 0.4) is 0 Å². The van der Waals surface area contributed by atoms with Crippen molar-refractivity contribution < 1.29 is 9.21 Å². The van der Waals surface area contributed by atoms with Crippen LogP contribution in [0, 0.1) is 6.92 Å². The molecule has 0 aromatic carbocycles. The van der Waals surface area contributed by atoms with Gasteiger partial charge in [0.15, 0.2) is 10.8 Å². The van der Waals surface area contributed by atoms with E-state index in [0.29, 0.717) is 11.7 Å². The van der Waals surface area contributed by atoms with Crippen LogP contribution in [0.1, 0.15) is 35.1 Å². The highest BCUT2D eigenvalue weighted by molar-refractivity contribution is 6.29. The van der Waals surface area contributed by atoms with Gasteiger partial charge in [-0.15, -0.1) is 10.2 Å². The lowest BCUT2D eigenvalue weighted by atomic mass is 10.3. The smallest absolute Gasteiger partial charge is 0.272 e. The summed E-state index contributed by atoms with van der Waals surface area (Å²) in [5.74, 6) is 0.780. The summed E-state index contributed by atoms with van der Waals surface area (Å²) in [4.78, 5) is 15.9. The molecule has 1 N–H and O–H groups in total. The summed E-state index contributed by atoms with van der Waals surface area (Å²) in [5.41, 5.74) is 0.189. The standard InChI is InChI=1S/C11H11ClN4O2/c1-6-5-13-11(18-6)7(2)14-10(17)8-3-4-9(12)16-15-8/h3-5,7H,1-2H3,(H,14,17). The summed E-state index contributed by atoms with van der Waals surface area (Å²) in [6.45, 7) is 3.56. The Balaban J connectivity index is 2.05. The number of aryl methyl sites for hydroxylation is 1. The number of hydrogen-bond acceptors (Lipinski definition) is 5. The van der Waals surface area contributed by atoms with E-state index in [1.807, 2.05) is 0 Å². The Labute approximate surface area is 108 Å². The number of carbonyl (C=O) groups is 1. The third-order valence-electron chi connectivity index (χ3n) is 2.22. The van der Waals surface area contributed by atoms with Crippen molar-refractivity contribution in [1.29, 1.82) is 0 Å². The van der Waals surface area contributed by atoms with E-state index in [4.69, 9.17) is 16.0 Å². The number of carbonyl (C=O) groups excluding carboxylic acids is 1. The summed E-state index contributed by atoms with van der Waals surface area (Å²) < 4.78 is 5.32. The number of oxazole rings is 1. The first-order valence-corrected chi connectivity index (χ1v) is 5.66. The van der Waals surface area contributed by atoms with Crippen LogP contribution < -0.4 is 5.32 Å². The van der Waals surface area contributed by atoms with Crippen LogP contribution in [0.25, 0.3) is 0 Å². The van der Waals surface area contributed by atoms with E-state index in [1.165, 1.54) is 12.1 Å². The highest BCUT2D eigenvalue weighted by Gasteiger charge is 2.16. The Kier molecular flexibility index (Phi) is 3.57. The first-order valence-electron chi connectivity index (χ1n) is 5.28. The van der Waals surface area contributed by atoms with Gasteiger partial charge in [0, 0.05) is 0 Å². The van der Waals surface area contributed by atoms with E-state index in [-0.39, 0.29) is 22.8 Å². The topological polar surface area (TPSA) is 80.9 Å². The fourth-order valence-corrected chi connectivity index (χ4v) is 1.44.